The summed E-state index contributed by atoms with van der Waals surface area (Å²) in [6.45, 7) is 1.95. The Balaban J connectivity index is 2.72. The topological polar surface area (TPSA) is 60.8 Å². The molecular formula is C13H17F2NO3. The molecule has 0 heterocycles. The van der Waals surface area contributed by atoms with Crippen LogP contribution in [0.25, 0.3) is 0 Å². The molecule has 2 unspecified atom stereocenters. The number of hydrogen-bond donors (Lipinski definition) is 2. The fraction of sp³-hybridized carbons (Fsp3) is 0.462. The summed E-state index contributed by atoms with van der Waals surface area (Å²) in [6.07, 6.45) is -1.07. The van der Waals surface area contributed by atoms with Crippen LogP contribution in [0.5, 0.6) is 0 Å². The highest BCUT2D eigenvalue weighted by Crippen LogP contribution is 2.22. The van der Waals surface area contributed by atoms with E-state index in [2.05, 4.69) is 0 Å². The number of rotatable bonds is 6. The van der Waals surface area contributed by atoms with Crippen molar-refractivity contribution in [1.82, 2.24) is 4.90 Å². The van der Waals surface area contributed by atoms with Gasteiger partial charge in [0.2, 0.25) is 0 Å². The number of aliphatic hydroxyl groups excluding tert-OH is 1. The second-order valence-electron chi connectivity index (χ2n) is 4.48. The average Bonchev–Trinajstić information content (AvgIpc) is 2.37. The lowest BCUT2D eigenvalue weighted by Crippen LogP contribution is -2.35. The summed E-state index contributed by atoms with van der Waals surface area (Å²) in [7, 11) is 1.66. The maximum Gasteiger partial charge on any atom is 0.304 e. The van der Waals surface area contributed by atoms with E-state index in [1.54, 1.807) is 18.9 Å². The number of aliphatic carboxylic acids is 1. The lowest BCUT2D eigenvalue weighted by atomic mass is 10.0. The number of nitrogens with zero attached hydrogens (tertiary/aromatic N) is 1. The molecule has 0 saturated carbocycles. The molecule has 0 spiro atoms. The van der Waals surface area contributed by atoms with Gasteiger partial charge in [-0.25, -0.2) is 8.78 Å². The summed E-state index contributed by atoms with van der Waals surface area (Å²) in [5.74, 6) is -2.92. The highest BCUT2D eigenvalue weighted by Gasteiger charge is 2.21. The average molecular weight is 273 g/mol. The van der Waals surface area contributed by atoms with E-state index in [4.69, 9.17) is 5.11 Å². The quantitative estimate of drug-likeness (QED) is 0.829. The number of benzene rings is 1. The number of aliphatic hydroxyl groups is 1. The largest absolute Gasteiger partial charge is 0.481 e. The molecule has 1 aromatic carbocycles. The second kappa shape index (κ2) is 6.58. The van der Waals surface area contributed by atoms with Crippen molar-refractivity contribution >= 4 is 5.97 Å². The van der Waals surface area contributed by atoms with Gasteiger partial charge in [0.25, 0.3) is 0 Å². The number of carboxylic acids is 1. The molecule has 0 radical (unpaired) electrons. The molecule has 2 atom stereocenters. The molecule has 0 aliphatic carbocycles. The maximum atomic E-state index is 13.1. The van der Waals surface area contributed by atoms with Gasteiger partial charge in [-0.05, 0) is 31.7 Å². The van der Waals surface area contributed by atoms with Crippen molar-refractivity contribution in [3.63, 3.8) is 0 Å². The summed E-state index contributed by atoms with van der Waals surface area (Å²) in [6, 6.07) is 2.80. The Labute approximate surface area is 110 Å². The van der Waals surface area contributed by atoms with Gasteiger partial charge < -0.3 is 15.1 Å². The van der Waals surface area contributed by atoms with Gasteiger partial charge in [0.1, 0.15) is 0 Å². The van der Waals surface area contributed by atoms with Crippen LogP contribution in [-0.4, -0.2) is 40.7 Å². The van der Waals surface area contributed by atoms with Crippen LogP contribution < -0.4 is 0 Å². The van der Waals surface area contributed by atoms with Gasteiger partial charge in [0.15, 0.2) is 11.6 Å². The Hall–Kier alpha value is -1.53. The molecule has 1 rings (SSSR count). The molecule has 0 saturated heterocycles. The van der Waals surface area contributed by atoms with Crippen LogP contribution in [-0.2, 0) is 4.79 Å². The summed E-state index contributed by atoms with van der Waals surface area (Å²) in [4.78, 5) is 12.1. The molecule has 0 amide bonds. The van der Waals surface area contributed by atoms with Gasteiger partial charge in [0, 0.05) is 12.6 Å². The van der Waals surface area contributed by atoms with Gasteiger partial charge in [-0.1, -0.05) is 6.07 Å². The minimum atomic E-state index is -1.02. The van der Waals surface area contributed by atoms with E-state index in [0.29, 0.717) is 0 Å². The summed E-state index contributed by atoms with van der Waals surface area (Å²) < 4.78 is 25.9. The Morgan fingerprint density at radius 2 is 2.00 bits per heavy atom. The first-order valence-electron chi connectivity index (χ1n) is 5.88. The molecule has 19 heavy (non-hydrogen) atoms. The Kier molecular flexibility index (Phi) is 5.38. The minimum absolute atomic E-state index is 0.0503. The van der Waals surface area contributed by atoms with Crippen LogP contribution >= 0.6 is 0 Å². The third-order valence-electron chi connectivity index (χ3n) is 3.12. The SMILES string of the molecule is CC(C(O)c1ccc(F)c(F)c1)N(C)CCC(=O)O. The van der Waals surface area contributed by atoms with Crippen LogP contribution in [0.3, 0.4) is 0 Å². The molecule has 0 aromatic heterocycles. The lowest BCUT2D eigenvalue weighted by Gasteiger charge is -2.28. The van der Waals surface area contributed by atoms with Crippen molar-refractivity contribution in [2.24, 2.45) is 0 Å². The van der Waals surface area contributed by atoms with Crippen LogP contribution in [0.4, 0.5) is 8.78 Å². The van der Waals surface area contributed by atoms with E-state index in [-0.39, 0.29) is 18.5 Å². The Morgan fingerprint density at radius 1 is 1.37 bits per heavy atom. The minimum Gasteiger partial charge on any atom is -0.481 e. The van der Waals surface area contributed by atoms with Crippen molar-refractivity contribution in [3.05, 3.63) is 35.4 Å². The Morgan fingerprint density at radius 3 is 2.53 bits per heavy atom. The fourth-order valence-electron chi connectivity index (χ4n) is 1.69. The van der Waals surface area contributed by atoms with E-state index in [0.717, 1.165) is 12.1 Å². The summed E-state index contributed by atoms with van der Waals surface area (Å²) in [5.41, 5.74) is 0.258. The molecule has 4 nitrogen and oxygen atoms in total. The zero-order chi connectivity index (χ0) is 14.6. The normalized spacial score (nSPS) is 14.4. The first-order valence-corrected chi connectivity index (χ1v) is 5.88. The number of carbonyl (C=O) groups is 1. The van der Waals surface area contributed by atoms with Gasteiger partial charge in [-0.3, -0.25) is 4.79 Å². The first-order chi connectivity index (χ1) is 8.82. The standard InChI is InChI=1S/C13H17F2NO3/c1-8(16(2)6-5-12(17)18)13(19)9-3-4-10(14)11(15)7-9/h3-4,7-8,13,19H,5-6H2,1-2H3,(H,17,18). The predicted octanol–water partition coefficient (Wildman–Crippen LogP) is 1.79. The third kappa shape index (κ3) is 4.25. The van der Waals surface area contributed by atoms with E-state index >= 15 is 0 Å². The van der Waals surface area contributed by atoms with Crippen LogP contribution in [0.1, 0.15) is 25.0 Å². The molecule has 1 aromatic rings. The molecule has 2 N–H and O–H groups in total. The molecular weight excluding hydrogens is 256 g/mol. The second-order valence-corrected chi connectivity index (χ2v) is 4.48. The van der Waals surface area contributed by atoms with Gasteiger partial charge >= 0.3 is 5.97 Å². The predicted molar refractivity (Wildman–Crippen MR) is 65.7 cm³/mol. The smallest absolute Gasteiger partial charge is 0.304 e. The lowest BCUT2D eigenvalue weighted by molar-refractivity contribution is -0.137. The highest BCUT2D eigenvalue weighted by atomic mass is 19.2. The monoisotopic (exact) mass is 273 g/mol. The van der Waals surface area contributed by atoms with E-state index in [1.807, 2.05) is 0 Å². The zero-order valence-corrected chi connectivity index (χ0v) is 10.8. The Bertz CT molecular complexity index is 454. The van der Waals surface area contributed by atoms with Gasteiger partial charge in [-0.2, -0.15) is 0 Å². The molecule has 0 aliphatic heterocycles. The highest BCUT2D eigenvalue weighted by molar-refractivity contribution is 5.66. The number of hydrogen-bond acceptors (Lipinski definition) is 3. The molecule has 6 heteroatoms. The number of likely N-dealkylation sites (N-methyl/N-ethyl adjacent to an activating group) is 1. The van der Waals surface area contributed by atoms with E-state index in [9.17, 15) is 18.7 Å². The van der Waals surface area contributed by atoms with Crippen molar-refractivity contribution in [3.8, 4) is 0 Å². The molecule has 106 valence electrons. The van der Waals surface area contributed by atoms with Crippen LogP contribution in [0, 0.1) is 11.6 Å². The van der Waals surface area contributed by atoms with Gasteiger partial charge in [0.05, 0.1) is 12.5 Å². The van der Waals surface area contributed by atoms with E-state index < -0.39 is 29.7 Å². The van der Waals surface area contributed by atoms with Crippen molar-refractivity contribution < 1.29 is 23.8 Å². The third-order valence-corrected chi connectivity index (χ3v) is 3.12. The molecule has 0 bridgehead atoms. The number of carboxylic acid groups (broad SMARTS) is 1. The molecule has 0 fully saturated rings. The molecule has 0 aliphatic rings. The maximum absolute atomic E-state index is 13.1. The van der Waals surface area contributed by atoms with E-state index in [1.165, 1.54) is 6.07 Å². The van der Waals surface area contributed by atoms with Crippen LogP contribution in [0.2, 0.25) is 0 Å². The van der Waals surface area contributed by atoms with Crippen molar-refractivity contribution in [1.29, 1.82) is 0 Å². The van der Waals surface area contributed by atoms with Gasteiger partial charge in [-0.15, -0.1) is 0 Å². The zero-order valence-electron chi connectivity index (χ0n) is 10.8. The van der Waals surface area contributed by atoms with Crippen molar-refractivity contribution in [2.45, 2.75) is 25.5 Å². The first kappa shape index (κ1) is 15.5. The summed E-state index contributed by atoms with van der Waals surface area (Å²) in [5, 5.41) is 18.6. The fourth-order valence-corrected chi connectivity index (χ4v) is 1.69. The van der Waals surface area contributed by atoms with Crippen molar-refractivity contribution in [2.75, 3.05) is 13.6 Å². The number of halogens is 2. The summed E-state index contributed by atoms with van der Waals surface area (Å²) >= 11 is 0. The van der Waals surface area contributed by atoms with Crippen LogP contribution in [0.15, 0.2) is 18.2 Å².